The van der Waals surface area contributed by atoms with Gasteiger partial charge in [0.05, 0.1) is 0 Å². The number of allylic oxidation sites excluding steroid dienone is 16. The fourth-order valence-corrected chi connectivity index (χ4v) is 8.64. The Bertz CT molecular complexity index is 1460. The summed E-state index contributed by atoms with van der Waals surface area (Å²) in [6, 6.07) is 0. The van der Waals surface area contributed by atoms with Crippen molar-refractivity contribution in [3.8, 4) is 0 Å². The fraction of sp³-hybridized carbons (Fsp3) is 0.721. The van der Waals surface area contributed by atoms with E-state index in [1.165, 1.54) is 135 Å². The molecule has 6 heteroatoms. The lowest BCUT2D eigenvalue weighted by molar-refractivity contribution is -0.167. The molecule has 0 aliphatic rings. The monoisotopic (exact) mass is 1030 g/mol. The van der Waals surface area contributed by atoms with E-state index in [-0.39, 0.29) is 31.1 Å². The van der Waals surface area contributed by atoms with Crippen molar-refractivity contribution in [2.24, 2.45) is 0 Å². The van der Waals surface area contributed by atoms with E-state index in [1.807, 2.05) is 0 Å². The molecule has 0 radical (unpaired) electrons. The van der Waals surface area contributed by atoms with Gasteiger partial charge in [0.15, 0.2) is 6.10 Å². The number of carbonyl (C=O) groups is 3. The van der Waals surface area contributed by atoms with E-state index in [1.54, 1.807) is 0 Å². The zero-order chi connectivity index (χ0) is 53.6. The molecule has 0 N–H and O–H groups in total. The maximum absolute atomic E-state index is 12.8. The number of hydrogen-bond acceptors (Lipinski definition) is 6. The Labute approximate surface area is 457 Å². The first kappa shape index (κ1) is 70.3. The van der Waals surface area contributed by atoms with Gasteiger partial charge in [-0.25, -0.2) is 0 Å². The lowest BCUT2D eigenvalue weighted by Gasteiger charge is -2.18. The van der Waals surface area contributed by atoms with E-state index in [0.717, 1.165) is 122 Å². The third kappa shape index (κ3) is 59.2. The van der Waals surface area contributed by atoms with E-state index in [2.05, 4.69) is 118 Å². The molecule has 6 nitrogen and oxygen atoms in total. The minimum absolute atomic E-state index is 0.0804. The predicted octanol–water partition coefficient (Wildman–Crippen LogP) is 21.3. The number of ether oxygens (including phenoxy) is 3. The van der Waals surface area contributed by atoms with Crippen LogP contribution in [-0.2, 0) is 28.6 Å². The second-order valence-electron chi connectivity index (χ2n) is 20.6. The highest BCUT2D eigenvalue weighted by Crippen LogP contribution is 2.16. The predicted molar refractivity (Wildman–Crippen MR) is 320 cm³/mol. The Morgan fingerprint density at radius 3 is 0.865 bits per heavy atom. The molecule has 0 bridgehead atoms. The number of carbonyl (C=O) groups excluding carboxylic acids is 3. The maximum atomic E-state index is 12.8. The second kappa shape index (κ2) is 61.9. The normalized spacial score (nSPS) is 12.7. The van der Waals surface area contributed by atoms with Crippen molar-refractivity contribution in [2.45, 2.75) is 303 Å². The quantitative estimate of drug-likeness (QED) is 0.0261. The summed E-state index contributed by atoms with van der Waals surface area (Å²) >= 11 is 0. The molecule has 0 aliphatic carbocycles. The van der Waals surface area contributed by atoms with Gasteiger partial charge in [-0.15, -0.1) is 0 Å². The van der Waals surface area contributed by atoms with Crippen molar-refractivity contribution >= 4 is 17.9 Å². The van der Waals surface area contributed by atoms with Crippen molar-refractivity contribution in [2.75, 3.05) is 13.2 Å². The molecule has 1 atom stereocenters. The van der Waals surface area contributed by atoms with Crippen LogP contribution >= 0.6 is 0 Å². The summed E-state index contributed by atoms with van der Waals surface area (Å²) in [6.45, 7) is 6.48. The first-order valence-electron chi connectivity index (χ1n) is 31.2. The number of hydrogen-bond donors (Lipinski definition) is 0. The van der Waals surface area contributed by atoms with Crippen LogP contribution in [0.5, 0.6) is 0 Å². The Balaban J connectivity index is 4.18. The van der Waals surface area contributed by atoms with Crippen LogP contribution in [0.15, 0.2) is 97.2 Å². The molecule has 0 heterocycles. The minimum atomic E-state index is -0.783. The maximum Gasteiger partial charge on any atom is 0.306 e. The summed E-state index contributed by atoms with van der Waals surface area (Å²) in [7, 11) is 0. The summed E-state index contributed by atoms with van der Waals surface area (Å²) in [4.78, 5) is 38.1. The van der Waals surface area contributed by atoms with Crippen LogP contribution in [0.4, 0.5) is 0 Å². The molecule has 0 aliphatic heterocycles. The molecule has 0 rings (SSSR count). The molecule has 74 heavy (non-hydrogen) atoms. The zero-order valence-electron chi connectivity index (χ0n) is 48.6. The Morgan fingerprint density at radius 1 is 0.284 bits per heavy atom. The molecule has 424 valence electrons. The molecule has 0 aromatic carbocycles. The highest BCUT2D eigenvalue weighted by Gasteiger charge is 2.19. The second-order valence-corrected chi connectivity index (χ2v) is 20.6. The van der Waals surface area contributed by atoms with Crippen LogP contribution in [0, 0.1) is 0 Å². The van der Waals surface area contributed by atoms with Gasteiger partial charge >= 0.3 is 17.9 Å². The molecular formula is C68H116O6. The number of unbranched alkanes of at least 4 members (excludes halogenated alkanes) is 29. The van der Waals surface area contributed by atoms with Crippen LogP contribution in [0.3, 0.4) is 0 Å². The van der Waals surface area contributed by atoms with Gasteiger partial charge in [-0.3, -0.25) is 14.4 Å². The summed E-state index contributed by atoms with van der Waals surface area (Å²) in [5.41, 5.74) is 0. The molecule has 0 aromatic rings. The van der Waals surface area contributed by atoms with Gasteiger partial charge in [0.2, 0.25) is 0 Å². The van der Waals surface area contributed by atoms with Gasteiger partial charge in [-0.1, -0.05) is 279 Å². The van der Waals surface area contributed by atoms with Crippen molar-refractivity contribution in [1.29, 1.82) is 0 Å². The minimum Gasteiger partial charge on any atom is -0.462 e. The third-order valence-corrected chi connectivity index (χ3v) is 13.3. The van der Waals surface area contributed by atoms with Crippen molar-refractivity contribution in [3.05, 3.63) is 97.2 Å². The Kier molecular flexibility index (Phi) is 58.8. The highest BCUT2D eigenvalue weighted by molar-refractivity contribution is 5.71. The average Bonchev–Trinajstić information content (AvgIpc) is 3.40. The first-order chi connectivity index (χ1) is 36.5. The van der Waals surface area contributed by atoms with Gasteiger partial charge in [0.25, 0.3) is 0 Å². The zero-order valence-corrected chi connectivity index (χ0v) is 48.6. The van der Waals surface area contributed by atoms with E-state index in [0.29, 0.717) is 19.3 Å². The molecule has 0 saturated carbocycles. The SMILES string of the molecule is CC/C=C\C/C=C\C/C=C\C/C=C\C/C=C\C/C=C\CCCCCCCCCCCCCCC(=O)OCC(COC(=O)CCCCCCCCCCCCC)OC(=O)CCCCCCC/C=C\C/C=C\CCCC. The van der Waals surface area contributed by atoms with Gasteiger partial charge in [0.1, 0.15) is 13.2 Å². The standard InChI is InChI=1S/C68H116O6/c1-4-7-10-13-16-19-22-24-26-27-28-29-30-31-32-33-34-35-36-37-38-39-40-41-42-44-46-49-52-55-58-61-67(70)73-64-65(63-72-66(69)60-57-54-51-48-45-21-18-15-12-9-6-3)74-68(71)62-59-56-53-50-47-43-25-23-20-17-14-11-8-5-2/h7,10,14,16-17,19,23-26,28-29,31-32,34-35,65H,4-6,8-9,11-13,15,18,20-22,27,30,33,36-64H2,1-3H3/b10-7-,17-14-,19-16-,25-23-,26-24-,29-28-,32-31-,35-34-. The Hall–Kier alpha value is -3.67. The van der Waals surface area contributed by atoms with E-state index in [4.69, 9.17) is 14.2 Å². The van der Waals surface area contributed by atoms with Crippen LogP contribution in [0.1, 0.15) is 297 Å². The summed E-state index contributed by atoms with van der Waals surface area (Å²) in [5.74, 6) is -0.890. The smallest absolute Gasteiger partial charge is 0.306 e. The molecule has 1 unspecified atom stereocenters. The highest BCUT2D eigenvalue weighted by atomic mass is 16.6. The molecule has 0 aromatic heterocycles. The fourth-order valence-electron chi connectivity index (χ4n) is 8.64. The lowest BCUT2D eigenvalue weighted by atomic mass is 10.0. The average molecular weight is 1030 g/mol. The topological polar surface area (TPSA) is 78.9 Å². The van der Waals surface area contributed by atoms with Crippen LogP contribution in [-0.4, -0.2) is 37.2 Å². The van der Waals surface area contributed by atoms with Crippen LogP contribution < -0.4 is 0 Å². The van der Waals surface area contributed by atoms with Gasteiger partial charge < -0.3 is 14.2 Å². The first-order valence-corrected chi connectivity index (χ1v) is 31.2. The molecule has 0 spiro atoms. The van der Waals surface area contributed by atoms with E-state index in [9.17, 15) is 14.4 Å². The number of esters is 3. The van der Waals surface area contributed by atoms with Gasteiger partial charge in [-0.05, 0) is 96.3 Å². The van der Waals surface area contributed by atoms with Gasteiger partial charge in [0, 0.05) is 19.3 Å². The molecule has 0 fully saturated rings. The van der Waals surface area contributed by atoms with Crippen molar-refractivity contribution in [1.82, 2.24) is 0 Å². The largest absolute Gasteiger partial charge is 0.462 e. The summed E-state index contributed by atoms with van der Waals surface area (Å²) in [6.07, 6.45) is 82.7. The molecular weight excluding hydrogens is 913 g/mol. The van der Waals surface area contributed by atoms with E-state index < -0.39 is 6.10 Å². The third-order valence-electron chi connectivity index (χ3n) is 13.3. The van der Waals surface area contributed by atoms with Crippen LogP contribution in [0.25, 0.3) is 0 Å². The Morgan fingerprint density at radius 2 is 0.541 bits per heavy atom. The number of rotatable bonds is 56. The molecule has 0 amide bonds. The van der Waals surface area contributed by atoms with Crippen LogP contribution in [0.2, 0.25) is 0 Å². The summed E-state index contributed by atoms with van der Waals surface area (Å²) < 4.78 is 16.9. The summed E-state index contributed by atoms with van der Waals surface area (Å²) in [5, 5.41) is 0. The van der Waals surface area contributed by atoms with Crippen molar-refractivity contribution < 1.29 is 28.6 Å². The molecule has 0 saturated heterocycles. The van der Waals surface area contributed by atoms with E-state index >= 15 is 0 Å². The van der Waals surface area contributed by atoms with Gasteiger partial charge in [-0.2, -0.15) is 0 Å². The van der Waals surface area contributed by atoms with Crippen molar-refractivity contribution in [3.63, 3.8) is 0 Å². The lowest BCUT2D eigenvalue weighted by Crippen LogP contribution is -2.30.